The third-order valence-corrected chi connectivity index (χ3v) is 4.87. The number of amides is 2. The number of halogens is 1. The molecule has 2 aromatic carbocycles. The predicted octanol–water partition coefficient (Wildman–Crippen LogP) is 3.05. The van der Waals surface area contributed by atoms with Gasteiger partial charge in [0, 0.05) is 31.7 Å². The monoisotopic (exact) mass is 370 g/mol. The van der Waals surface area contributed by atoms with Gasteiger partial charge in [0.05, 0.1) is 12.7 Å². The Balaban J connectivity index is 1.70. The molecule has 6 heteroatoms. The molecule has 1 heterocycles. The molecule has 0 saturated carbocycles. The summed E-state index contributed by atoms with van der Waals surface area (Å²) in [4.78, 5) is 29.0. The van der Waals surface area contributed by atoms with Crippen LogP contribution in [0.5, 0.6) is 5.75 Å². The molecule has 0 spiro atoms. The van der Waals surface area contributed by atoms with Gasteiger partial charge in [0.25, 0.3) is 11.8 Å². The van der Waals surface area contributed by atoms with Crippen LogP contribution in [0.3, 0.4) is 0 Å². The van der Waals surface area contributed by atoms with E-state index in [9.17, 15) is 14.0 Å². The largest absolute Gasteiger partial charge is 0.496 e. The molecule has 0 radical (unpaired) electrons. The van der Waals surface area contributed by atoms with Crippen LogP contribution in [-0.4, -0.2) is 54.9 Å². The summed E-state index contributed by atoms with van der Waals surface area (Å²) in [5.41, 5.74) is 2.87. The van der Waals surface area contributed by atoms with Crippen LogP contribution in [-0.2, 0) is 0 Å². The van der Waals surface area contributed by atoms with Crippen LogP contribution in [0.25, 0.3) is 0 Å². The lowest BCUT2D eigenvalue weighted by Gasteiger charge is -2.35. The van der Waals surface area contributed by atoms with Gasteiger partial charge < -0.3 is 14.5 Å². The number of methoxy groups -OCH3 is 1. The van der Waals surface area contributed by atoms with Crippen LogP contribution in [0.2, 0.25) is 0 Å². The van der Waals surface area contributed by atoms with Crippen LogP contribution in [0, 0.1) is 19.7 Å². The van der Waals surface area contributed by atoms with Gasteiger partial charge in [-0.3, -0.25) is 9.59 Å². The molecule has 0 unspecified atom stereocenters. The number of ether oxygens (including phenoxy) is 1. The summed E-state index contributed by atoms with van der Waals surface area (Å²) in [5.74, 6) is -0.449. The minimum Gasteiger partial charge on any atom is -0.496 e. The summed E-state index contributed by atoms with van der Waals surface area (Å²) in [5, 5.41) is 0. The molecule has 0 bridgehead atoms. The van der Waals surface area contributed by atoms with Crippen molar-refractivity contribution < 1.29 is 18.7 Å². The molecule has 0 N–H and O–H groups in total. The number of benzene rings is 2. The Labute approximate surface area is 158 Å². The first kappa shape index (κ1) is 18.9. The predicted molar refractivity (Wildman–Crippen MR) is 101 cm³/mol. The van der Waals surface area contributed by atoms with Crippen LogP contribution < -0.4 is 4.74 Å². The van der Waals surface area contributed by atoms with Crippen LogP contribution >= 0.6 is 0 Å². The average Bonchev–Trinajstić information content (AvgIpc) is 2.69. The highest BCUT2D eigenvalue weighted by Crippen LogP contribution is 2.22. The molecular formula is C21H23FN2O3. The Kier molecular flexibility index (Phi) is 5.44. The molecule has 1 aliphatic rings. The molecule has 2 amide bonds. The van der Waals surface area contributed by atoms with Gasteiger partial charge in [0.1, 0.15) is 11.6 Å². The maximum Gasteiger partial charge on any atom is 0.257 e. The summed E-state index contributed by atoms with van der Waals surface area (Å²) >= 11 is 0. The minimum absolute atomic E-state index is 0.0216. The fourth-order valence-corrected chi connectivity index (χ4v) is 3.27. The normalized spacial score (nSPS) is 14.2. The van der Waals surface area contributed by atoms with Crippen molar-refractivity contribution in [2.75, 3.05) is 33.3 Å². The van der Waals surface area contributed by atoms with Crippen LogP contribution in [0.4, 0.5) is 4.39 Å². The molecule has 0 aliphatic carbocycles. The van der Waals surface area contributed by atoms with Crippen molar-refractivity contribution in [1.29, 1.82) is 0 Å². The SMILES string of the molecule is COc1ccc(F)cc1C(=O)N1CCN(C(=O)c2cc(C)ccc2C)CC1. The molecular weight excluding hydrogens is 347 g/mol. The van der Waals surface area contributed by atoms with Crippen molar-refractivity contribution in [3.05, 3.63) is 64.5 Å². The minimum atomic E-state index is -0.483. The summed E-state index contributed by atoms with van der Waals surface area (Å²) < 4.78 is 18.7. The number of piperazine rings is 1. The third-order valence-electron chi connectivity index (χ3n) is 4.87. The van der Waals surface area contributed by atoms with E-state index in [2.05, 4.69) is 0 Å². The van der Waals surface area contributed by atoms with Crippen LogP contribution in [0.1, 0.15) is 31.8 Å². The van der Waals surface area contributed by atoms with E-state index in [1.54, 1.807) is 9.80 Å². The van der Waals surface area contributed by atoms with Gasteiger partial charge in [-0.25, -0.2) is 4.39 Å². The highest BCUT2D eigenvalue weighted by atomic mass is 19.1. The highest BCUT2D eigenvalue weighted by Gasteiger charge is 2.27. The molecule has 142 valence electrons. The van der Waals surface area contributed by atoms with Crippen LogP contribution in [0.15, 0.2) is 36.4 Å². The molecule has 3 rings (SSSR count). The molecule has 2 aromatic rings. The molecule has 27 heavy (non-hydrogen) atoms. The number of nitrogens with zero attached hydrogens (tertiary/aromatic N) is 2. The maximum absolute atomic E-state index is 13.6. The number of rotatable bonds is 3. The fraction of sp³-hybridized carbons (Fsp3) is 0.333. The van der Waals surface area contributed by atoms with Gasteiger partial charge in [0.2, 0.25) is 0 Å². The maximum atomic E-state index is 13.6. The van der Waals surface area contributed by atoms with Gasteiger partial charge in [0.15, 0.2) is 0 Å². The number of hydrogen-bond donors (Lipinski definition) is 0. The fourth-order valence-electron chi connectivity index (χ4n) is 3.27. The Morgan fingerprint density at radius 3 is 2.07 bits per heavy atom. The van der Waals surface area contributed by atoms with Crippen molar-refractivity contribution in [3.8, 4) is 5.75 Å². The average molecular weight is 370 g/mol. The van der Waals surface area contributed by atoms with Gasteiger partial charge >= 0.3 is 0 Å². The quantitative estimate of drug-likeness (QED) is 0.834. The van der Waals surface area contributed by atoms with E-state index in [1.807, 2.05) is 32.0 Å². The number of carbonyl (C=O) groups excluding carboxylic acids is 2. The van der Waals surface area contributed by atoms with E-state index >= 15 is 0 Å². The van der Waals surface area contributed by atoms with E-state index in [-0.39, 0.29) is 17.4 Å². The topological polar surface area (TPSA) is 49.9 Å². The molecule has 1 aliphatic heterocycles. The Morgan fingerprint density at radius 2 is 1.48 bits per heavy atom. The third kappa shape index (κ3) is 3.94. The first-order valence-electron chi connectivity index (χ1n) is 8.90. The number of aryl methyl sites for hydroxylation is 2. The Hall–Kier alpha value is -2.89. The Bertz CT molecular complexity index is 874. The van der Waals surface area contributed by atoms with E-state index < -0.39 is 5.82 Å². The van der Waals surface area contributed by atoms with Gasteiger partial charge in [-0.05, 0) is 43.7 Å². The van der Waals surface area contributed by atoms with E-state index in [1.165, 1.54) is 25.3 Å². The lowest BCUT2D eigenvalue weighted by Crippen LogP contribution is -2.50. The van der Waals surface area contributed by atoms with Crippen molar-refractivity contribution in [2.24, 2.45) is 0 Å². The number of hydrogen-bond acceptors (Lipinski definition) is 3. The summed E-state index contributed by atoms with van der Waals surface area (Å²) in [6.07, 6.45) is 0. The first-order chi connectivity index (χ1) is 12.9. The van der Waals surface area contributed by atoms with Crippen molar-refractivity contribution in [1.82, 2.24) is 9.80 Å². The second kappa shape index (κ2) is 7.78. The number of carbonyl (C=O) groups is 2. The van der Waals surface area contributed by atoms with E-state index in [0.717, 1.165) is 11.1 Å². The second-order valence-corrected chi connectivity index (χ2v) is 6.75. The second-order valence-electron chi connectivity index (χ2n) is 6.75. The summed E-state index contributed by atoms with van der Waals surface area (Å²) in [6.45, 7) is 5.55. The molecule has 1 fully saturated rings. The van der Waals surface area contributed by atoms with Crippen molar-refractivity contribution >= 4 is 11.8 Å². The standard InChI is InChI=1S/C21H23FN2O3/c1-14-4-5-15(2)17(12-14)20(25)23-8-10-24(11-9-23)21(26)18-13-16(22)6-7-19(18)27-3/h4-7,12-13H,8-11H2,1-3H3. The van der Waals surface area contributed by atoms with Crippen molar-refractivity contribution in [2.45, 2.75) is 13.8 Å². The lowest BCUT2D eigenvalue weighted by molar-refractivity contribution is 0.0533. The van der Waals surface area contributed by atoms with Crippen molar-refractivity contribution in [3.63, 3.8) is 0 Å². The summed E-state index contributed by atoms with van der Waals surface area (Å²) in [6, 6.07) is 9.72. The zero-order valence-corrected chi connectivity index (χ0v) is 15.8. The van der Waals surface area contributed by atoms with Gasteiger partial charge in [-0.1, -0.05) is 17.7 Å². The van der Waals surface area contributed by atoms with Gasteiger partial charge in [-0.15, -0.1) is 0 Å². The molecule has 0 atom stereocenters. The zero-order chi connectivity index (χ0) is 19.6. The Morgan fingerprint density at radius 1 is 0.889 bits per heavy atom. The molecule has 0 aromatic heterocycles. The highest BCUT2D eigenvalue weighted by molar-refractivity contribution is 5.98. The molecule has 5 nitrogen and oxygen atoms in total. The first-order valence-corrected chi connectivity index (χ1v) is 8.90. The zero-order valence-electron chi connectivity index (χ0n) is 15.8. The summed E-state index contributed by atoms with van der Waals surface area (Å²) in [7, 11) is 1.45. The van der Waals surface area contributed by atoms with Gasteiger partial charge in [-0.2, -0.15) is 0 Å². The lowest BCUT2D eigenvalue weighted by atomic mass is 10.0. The van der Waals surface area contributed by atoms with E-state index in [4.69, 9.17) is 4.74 Å². The molecule has 1 saturated heterocycles. The van der Waals surface area contributed by atoms with E-state index in [0.29, 0.717) is 37.5 Å². The smallest absolute Gasteiger partial charge is 0.257 e.